The van der Waals surface area contributed by atoms with E-state index in [9.17, 15) is 62.3 Å². The summed E-state index contributed by atoms with van der Waals surface area (Å²) in [5.41, 5.74) is -12.4. The Balaban J connectivity index is 0.000000266. The van der Waals surface area contributed by atoms with Crippen LogP contribution in [0.25, 0.3) is 10.9 Å². The molecule has 0 radical (unpaired) electrons. The van der Waals surface area contributed by atoms with Crippen LogP contribution in [-0.4, -0.2) is 32.3 Å². The highest BCUT2D eigenvalue weighted by molar-refractivity contribution is 7.20. The summed E-state index contributed by atoms with van der Waals surface area (Å²) in [6, 6.07) is 12.1. The van der Waals surface area contributed by atoms with Gasteiger partial charge in [-0.1, -0.05) is 31.4 Å². The summed E-state index contributed by atoms with van der Waals surface area (Å²) in [7, 11) is 2.60. The number of pyridine rings is 1. The second kappa shape index (κ2) is 20.9. The van der Waals surface area contributed by atoms with Crippen molar-refractivity contribution in [1.29, 1.82) is 0 Å². The molecule has 0 unspecified atom stereocenters. The normalized spacial score (nSPS) is 13.0. The number of allylic oxidation sites excluding steroid dienone is 1. The number of carbonyl (C=O) groups excluding carboxylic acids is 2. The van der Waals surface area contributed by atoms with Gasteiger partial charge in [0, 0.05) is 23.1 Å². The van der Waals surface area contributed by atoms with Gasteiger partial charge >= 0.3 is 11.9 Å². The summed E-state index contributed by atoms with van der Waals surface area (Å²) >= 11 is 0. The minimum absolute atomic E-state index is 0.0485. The molecule has 6 aromatic rings. The van der Waals surface area contributed by atoms with Crippen LogP contribution in [0.3, 0.4) is 0 Å². The Morgan fingerprint density at radius 3 is 1.06 bits per heavy atom. The zero-order valence-corrected chi connectivity index (χ0v) is 36.1. The van der Waals surface area contributed by atoms with Gasteiger partial charge in [0.2, 0.25) is 5.52 Å². The average Bonchev–Trinajstić information content (AvgIpc) is 3.38. The van der Waals surface area contributed by atoms with Crippen molar-refractivity contribution in [2.75, 3.05) is 14.2 Å². The molecule has 0 N–H and O–H groups in total. The van der Waals surface area contributed by atoms with E-state index >= 15 is 35.1 Å². The van der Waals surface area contributed by atoms with Crippen LogP contribution < -0.4 is 26.4 Å². The van der Waals surface area contributed by atoms with E-state index in [1.807, 2.05) is 30.5 Å². The fourth-order valence-electron chi connectivity index (χ4n) is 8.83. The highest BCUT2D eigenvalue weighted by Gasteiger charge is 2.52. The van der Waals surface area contributed by atoms with E-state index in [0.29, 0.717) is 6.54 Å². The molecule has 0 spiro atoms. The Morgan fingerprint density at radius 1 is 0.444 bits per heavy atom. The van der Waals surface area contributed by atoms with Crippen molar-refractivity contribution >= 4 is 50.8 Å². The lowest BCUT2D eigenvalue weighted by molar-refractivity contribution is -0.663. The van der Waals surface area contributed by atoms with Gasteiger partial charge in [0.15, 0.2) is 88.1 Å². The van der Waals surface area contributed by atoms with Gasteiger partial charge in [-0.15, -0.1) is 21.9 Å². The molecule has 1 fully saturated rings. The third-order valence-corrected chi connectivity index (χ3v) is 12.0. The Hall–Kier alpha value is -7.15. The predicted molar refractivity (Wildman–Crippen MR) is 211 cm³/mol. The highest BCUT2D eigenvalue weighted by atomic mass is 19.2. The number of benzene rings is 5. The number of fused-ring (bicyclic) bond motifs is 1. The van der Waals surface area contributed by atoms with Crippen LogP contribution in [0, 0.1) is 122 Å². The maximum Gasteiger partial charge on any atom is 0.345 e. The lowest BCUT2D eigenvalue weighted by atomic mass is 9.12. The Bertz CT molecular complexity index is 2830. The number of aromatic nitrogens is 1. The van der Waals surface area contributed by atoms with Crippen LogP contribution in [0.5, 0.6) is 0 Å². The highest BCUT2D eigenvalue weighted by Crippen LogP contribution is 2.34. The fraction of sp³-hybridized carbons (Fsp3) is 0.196. The van der Waals surface area contributed by atoms with Gasteiger partial charge in [0.1, 0.15) is 52.7 Å². The van der Waals surface area contributed by atoms with Crippen molar-refractivity contribution in [2.45, 2.75) is 38.6 Å². The van der Waals surface area contributed by atoms with Crippen molar-refractivity contribution in [1.82, 2.24) is 0 Å². The standard InChI is InChI=1S/C24BF20.C22H26NO4/c26-5-1(6(27)14(35)21(42)13(5)34)25(2-7(28)15(36)22(43)16(37)8(2)29,3-9(30)17(38)23(44)18(39)10(3)31)4-11(32)19(40)24(45)20(41)12(4)33;1-26-21(24)20(22(25)27-2)18(16-9-4-3-5-10-16)15-23-14-8-12-17-11-6-7-13-19(17)23/h;6-8,11-14,16H,3-5,9-10,15H2,1-2H3/q-1;+1. The van der Waals surface area contributed by atoms with Crippen LogP contribution >= 0.6 is 0 Å². The minimum atomic E-state index is -7.22. The topological polar surface area (TPSA) is 56.5 Å². The maximum atomic E-state index is 15.4. The molecule has 26 heteroatoms. The zero-order chi connectivity index (χ0) is 53.6. The number of para-hydroxylation sites is 1. The molecule has 382 valence electrons. The molecule has 72 heavy (non-hydrogen) atoms. The average molecular weight is 1050 g/mol. The molecule has 0 saturated heterocycles. The third-order valence-electron chi connectivity index (χ3n) is 12.0. The minimum Gasteiger partial charge on any atom is -0.465 e. The summed E-state index contributed by atoms with van der Waals surface area (Å²) in [6.07, 6.45) is 0.101. The molecular weight excluding hydrogens is 1020 g/mol. The van der Waals surface area contributed by atoms with Gasteiger partial charge in [0.25, 0.3) is 0 Å². The van der Waals surface area contributed by atoms with Crippen molar-refractivity contribution in [3.8, 4) is 0 Å². The quantitative estimate of drug-likeness (QED) is 0.0167. The van der Waals surface area contributed by atoms with E-state index in [4.69, 9.17) is 9.47 Å². The first-order chi connectivity index (χ1) is 33.9. The molecule has 7 rings (SSSR count). The monoisotopic (exact) mass is 1050 g/mol. The summed E-state index contributed by atoms with van der Waals surface area (Å²) < 4.78 is 306. The first-order valence-electron chi connectivity index (χ1n) is 20.4. The van der Waals surface area contributed by atoms with Gasteiger partial charge < -0.3 is 9.47 Å². The van der Waals surface area contributed by atoms with E-state index in [0.717, 1.165) is 42.2 Å². The lowest BCUT2D eigenvalue weighted by Crippen LogP contribution is -2.81. The second-order valence-electron chi connectivity index (χ2n) is 15.7. The van der Waals surface area contributed by atoms with Crippen LogP contribution in [0.1, 0.15) is 32.1 Å². The number of esters is 2. The smallest absolute Gasteiger partial charge is 0.345 e. The predicted octanol–water partition coefficient (Wildman–Crippen LogP) is 9.20. The van der Waals surface area contributed by atoms with Crippen LogP contribution in [0.2, 0.25) is 0 Å². The van der Waals surface area contributed by atoms with E-state index in [2.05, 4.69) is 16.7 Å². The molecule has 0 atom stereocenters. The van der Waals surface area contributed by atoms with E-state index in [1.165, 1.54) is 20.6 Å². The van der Waals surface area contributed by atoms with Gasteiger partial charge in [0.05, 0.1) is 14.2 Å². The van der Waals surface area contributed by atoms with Crippen molar-refractivity contribution in [3.63, 3.8) is 0 Å². The van der Waals surface area contributed by atoms with Crippen molar-refractivity contribution in [2.24, 2.45) is 5.92 Å². The van der Waals surface area contributed by atoms with Crippen LogP contribution in [0.4, 0.5) is 87.8 Å². The molecule has 1 aliphatic carbocycles. The van der Waals surface area contributed by atoms with Gasteiger partial charge in [-0.25, -0.2) is 97.4 Å². The maximum absolute atomic E-state index is 15.4. The van der Waals surface area contributed by atoms with Crippen LogP contribution in [0.15, 0.2) is 53.7 Å². The first-order valence-corrected chi connectivity index (χ1v) is 20.4. The molecule has 1 saturated carbocycles. The zero-order valence-electron chi connectivity index (χ0n) is 36.1. The number of hydrogen-bond donors (Lipinski definition) is 0. The molecule has 0 aliphatic heterocycles. The molecule has 5 aromatic carbocycles. The van der Waals surface area contributed by atoms with Crippen LogP contribution in [-0.2, 0) is 25.6 Å². The molecule has 5 nitrogen and oxygen atoms in total. The molecule has 0 bridgehead atoms. The summed E-state index contributed by atoms with van der Waals surface area (Å²) in [6.45, 7) is 0.464. The SMILES string of the molecule is COC(=O)C(C(=O)OC)=C(C[n+]1cccc2ccccc21)C1CCCCC1.Fc1c(F)c(F)c([B-](c2c(F)c(F)c(F)c(F)c2F)(c2c(F)c(F)c(F)c(F)c2F)c2c(F)c(F)c(F)c(F)c2F)c(F)c1F. The summed E-state index contributed by atoms with van der Waals surface area (Å²) in [5, 5.41) is 1.11. The van der Waals surface area contributed by atoms with E-state index in [1.54, 1.807) is 0 Å². The number of carbonyl (C=O) groups is 2. The van der Waals surface area contributed by atoms with E-state index in [-0.39, 0.29) is 11.5 Å². The number of methoxy groups -OCH3 is 2. The molecule has 1 aromatic heterocycles. The number of rotatable bonds is 9. The van der Waals surface area contributed by atoms with E-state index < -0.39 is 156 Å². The van der Waals surface area contributed by atoms with Crippen molar-refractivity contribution in [3.05, 3.63) is 170 Å². The van der Waals surface area contributed by atoms with Gasteiger partial charge in [-0.2, -0.15) is 4.57 Å². The Labute approximate surface area is 390 Å². The fourth-order valence-corrected chi connectivity index (χ4v) is 8.83. The first kappa shape index (κ1) is 54.2. The molecule has 1 aliphatic rings. The number of ether oxygens (including phenoxy) is 2. The number of halogens is 20. The molecule has 1 heterocycles. The molecular formula is C46H26BF20NO4. The second-order valence-corrected chi connectivity index (χ2v) is 15.7. The molecule has 0 amide bonds. The number of hydrogen-bond acceptors (Lipinski definition) is 4. The Kier molecular flexibility index (Phi) is 15.7. The van der Waals surface area contributed by atoms with Crippen molar-refractivity contribution < 1.29 is 111 Å². The lowest BCUT2D eigenvalue weighted by Gasteiger charge is -2.44. The summed E-state index contributed by atoms with van der Waals surface area (Å²) in [4.78, 5) is 24.9. The van der Waals surface area contributed by atoms with Gasteiger partial charge in [-0.05, 0) is 30.9 Å². The summed E-state index contributed by atoms with van der Waals surface area (Å²) in [5.74, 6) is -72.5. The van der Waals surface area contributed by atoms with Gasteiger partial charge in [-0.3, -0.25) is 0 Å². The Morgan fingerprint density at radius 2 is 0.736 bits per heavy atom. The third kappa shape index (κ3) is 8.74. The largest absolute Gasteiger partial charge is 0.465 e. The number of nitrogens with zero attached hydrogens (tertiary/aromatic N) is 1.